The molecule has 0 aromatic heterocycles. The van der Waals surface area contributed by atoms with E-state index in [1.165, 1.54) is 43.0 Å². The zero-order valence-electron chi connectivity index (χ0n) is 32.3. The Bertz CT molecular complexity index is 2110. The van der Waals surface area contributed by atoms with Gasteiger partial charge in [-0.05, 0) is 126 Å². The molecule has 0 saturated heterocycles. The summed E-state index contributed by atoms with van der Waals surface area (Å²) in [5.74, 6) is -1.03. The van der Waals surface area contributed by atoms with Crippen LogP contribution >= 0.6 is 0 Å². The Morgan fingerprint density at radius 3 is 1.85 bits per heavy atom. The number of rotatable bonds is 10. The first-order valence-electron chi connectivity index (χ1n) is 17.5. The van der Waals surface area contributed by atoms with Crippen LogP contribution < -0.4 is 15.4 Å². The van der Waals surface area contributed by atoms with Gasteiger partial charge in [-0.15, -0.1) is 4.99 Å². The Morgan fingerprint density at radius 1 is 0.673 bits per heavy atom. The van der Waals surface area contributed by atoms with Crippen molar-refractivity contribution in [2.24, 2.45) is 4.99 Å². The number of alkyl carbamates (subject to hydrolysis) is 1. The summed E-state index contributed by atoms with van der Waals surface area (Å²) < 4.78 is 16.1. The van der Waals surface area contributed by atoms with Crippen LogP contribution in [0.2, 0.25) is 0 Å². The molecule has 4 aromatic rings. The summed E-state index contributed by atoms with van der Waals surface area (Å²) in [6.07, 6.45) is -1.46. The lowest BCUT2D eigenvalue weighted by Gasteiger charge is -2.22. The molecule has 0 aliphatic heterocycles. The van der Waals surface area contributed by atoms with E-state index < -0.39 is 29.4 Å². The summed E-state index contributed by atoms with van der Waals surface area (Å²) in [6.45, 7) is 13.2. The fraction of sp³-hybridized carbons (Fsp3) is 0.310. The second-order valence-corrected chi connectivity index (χ2v) is 14.9. The van der Waals surface area contributed by atoms with E-state index in [0.717, 1.165) is 21.9 Å². The van der Waals surface area contributed by atoms with Crippen molar-refractivity contribution in [3.8, 4) is 5.75 Å². The highest BCUT2D eigenvalue weighted by molar-refractivity contribution is 6.06. The normalized spacial score (nSPS) is 11.7. The molecular formula is C42H46N4O9. The molecule has 4 aromatic carbocycles. The van der Waals surface area contributed by atoms with Gasteiger partial charge in [-0.1, -0.05) is 36.4 Å². The fourth-order valence-electron chi connectivity index (χ4n) is 5.20. The van der Waals surface area contributed by atoms with E-state index in [-0.39, 0.29) is 47.8 Å². The number of nitrogens with one attached hydrogen (secondary N) is 2. The summed E-state index contributed by atoms with van der Waals surface area (Å²) in [5.41, 5.74) is 1.07. The monoisotopic (exact) mass is 750 g/mol. The molecule has 55 heavy (non-hydrogen) atoms. The Balaban J connectivity index is 1.44. The Hall–Kier alpha value is -6.37. The van der Waals surface area contributed by atoms with Crippen molar-refractivity contribution in [2.75, 3.05) is 11.9 Å². The van der Waals surface area contributed by atoms with Gasteiger partial charge in [0, 0.05) is 24.2 Å². The van der Waals surface area contributed by atoms with Gasteiger partial charge in [0.25, 0.3) is 5.91 Å². The molecular weight excluding hydrogens is 704 g/mol. The molecule has 13 heteroatoms. The number of nitrogens with zero attached hydrogens (tertiary/aromatic N) is 2. The standard InChI is InChI=1S/C42H46N4O9/c1-26(47)21-28-9-11-29(12-10-28)25-46(24-27(2)48)36(49)33-14-13-32-23-35(20-17-31(32)22-33)53-37(50)30-15-18-34(19-16-30)43-38(44-39(51)54-41(3,4)5)45-40(52)55-42(6,7)8/h9-20,22-23H,21,24-25H2,1-8H3,(H2,43,44,45,51,52). The molecule has 0 bridgehead atoms. The number of aliphatic imine (C=N–C) groups is 1. The van der Waals surface area contributed by atoms with E-state index in [4.69, 9.17) is 14.2 Å². The van der Waals surface area contributed by atoms with Gasteiger partial charge in [-0.25, -0.2) is 14.4 Å². The van der Waals surface area contributed by atoms with Crippen LogP contribution in [0, 0.1) is 0 Å². The number of carbonyl (C=O) groups is 6. The second-order valence-electron chi connectivity index (χ2n) is 14.9. The van der Waals surface area contributed by atoms with Crippen molar-refractivity contribution in [3.05, 3.63) is 107 Å². The van der Waals surface area contributed by atoms with Gasteiger partial charge in [0.1, 0.15) is 28.5 Å². The van der Waals surface area contributed by atoms with Crippen LogP contribution in [0.3, 0.4) is 0 Å². The van der Waals surface area contributed by atoms with Crippen LogP contribution in [-0.2, 0) is 32.0 Å². The van der Waals surface area contributed by atoms with Crippen LogP contribution in [0.5, 0.6) is 5.75 Å². The van der Waals surface area contributed by atoms with Crippen molar-refractivity contribution in [1.82, 2.24) is 10.2 Å². The second kappa shape index (κ2) is 17.6. The third-order valence-electron chi connectivity index (χ3n) is 7.42. The summed E-state index contributed by atoms with van der Waals surface area (Å²) in [5, 5.41) is 6.67. The average Bonchev–Trinajstić information content (AvgIpc) is 3.06. The third kappa shape index (κ3) is 13.5. The maximum absolute atomic E-state index is 13.6. The van der Waals surface area contributed by atoms with E-state index >= 15 is 0 Å². The average molecular weight is 751 g/mol. The number of ether oxygens (including phenoxy) is 3. The molecule has 2 N–H and O–H groups in total. The van der Waals surface area contributed by atoms with Crippen LogP contribution in [0.1, 0.15) is 87.2 Å². The largest absolute Gasteiger partial charge is 0.444 e. The minimum Gasteiger partial charge on any atom is -0.444 e. The zero-order chi connectivity index (χ0) is 40.5. The number of anilines is 1. The molecule has 13 nitrogen and oxygen atoms in total. The van der Waals surface area contributed by atoms with Gasteiger partial charge in [0.15, 0.2) is 0 Å². The first-order chi connectivity index (χ1) is 25.7. The molecule has 0 heterocycles. The minimum absolute atomic E-state index is 0.0550. The number of carbonyl (C=O) groups excluding carboxylic acids is 6. The SMILES string of the molecule is CC(=O)Cc1ccc(CN(CC(C)=O)C(=O)c2ccc3cc(OC(=O)c4ccc(N/C(=N\C(=O)OC(C)(C)C)NC(=O)OC(C)(C)C)cc4)ccc3c2)cc1. The molecule has 0 spiro atoms. The topological polar surface area (TPSA) is 170 Å². The van der Waals surface area contributed by atoms with E-state index in [1.54, 1.807) is 77.9 Å². The lowest BCUT2D eigenvalue weighted by Crippen LogP contribution is -2.40. The maximum Gasteiger partial charge on any atom is 0.437 e. The molecule has 4 rings (SSSR count). The van der Waals surface area contributed by atoms with Crippen molar-refractivity contribution in [2.45, 2.75) is 79.6 Å². The van der Waals surface area contributed by atoms with Gasteiger partial charge < -0.3 is 24.4 Å². The highest BCUT2D eigenvalue weighted by Crippen LogP contribution is 2.24. The van der Waals surface area contributed by atoms with E-state index in [9.17, 15) is 28.8 Å². The number of hydrogen-bond acceptors (Lipinski definition) is 9. The van der Waals surface area contributed by atoms with Gasteiger partial charge >= 0.3 is 18.2 Å². The van der Waals surface area contributed by atoms with Crippen LogP contribution in [-0.4, -0.2) is 64.2 Å². The molecule has 0 unspecified atom stereocenters. The number of fused-ring (bicyclic) bond motifs is 1. The van der Waals surface area contributed by atoms with E-state index in [1.807, 2.05) is 24.3 Å². The highest BCUT2D eigenvalue weighted by atomic mass is 16.6. The quantitative estimate of drug-likeness (QED) is 0.0711. The van der Waals surface area contributed by atoms with Crippen molar-refractivity contribution >= 4 is 58.0 Å². The van der Waals surface area contributed by atoms with Gasteiger partial charge in [-0.2, -0.15) is 0 Å². The Labute approximate surface area is 320 Å². The lowest BCUT2D eigenvalue weighted by atomic mass is 10.0. The first-order valence-corrected chi connectivity index (χ1v) is 17.5. The number of Topliss-reactive ketones (excluding diaryl/α,β-unsaturated/α-hetero) is 2. The smallest absolute Gasteiger partial charge is 0.437 e. The van der Waals surface area contributed by atoms with E-state index in [0.29, 0.717) is 17.7 Å². The third-order valence-corrected chi connectivity index (χ3v) is 7.42. The van der Waals surface area contributed by atoms with Crippen molar-refractivity contribution in [3.63, 3.8) is 0 Å². The van der Waals surface area contributed by atoms with Gasteiger partial charge in [0.2, 0.25) is 5.96 Å². The predicted molar refractivity (Wildman–Crippen MR) is 208 cm³/mol. The summed E-state index contributed by atoms with van der Waals surface area (Å²) >= 11 is 0. The molecule has 0 aliphatic rings. The molecule has 0 atom stereocenters. The number of benzene rings is 4. The summed E-state index contributed by atoms with van der Waals surface area (Å²) in [4.78, 5) is 80.3. The molecule has 0 radical (unpaired) electrons. The molecule has 0 saturated carbocycles. The van der Waals surface area contributed by atoms with Crippen LogP contribution in [0.25, 0.3) is 10.8 Å². The van der Waals surface area contributed by atoms with E-state index in [2.05, 4.69) is 15.6 Å². The van der Waals surface area contributed by atoms with Crippen molar-refractivity contribution in [1.29, 1.82) is 0 Å². The number of amides is 3. The summed E-state index contributed by atoms with van der Waals surface area (Å²) in [6, 6.07) is 23.6. The van der Waals surface area contributed by atoms with Gasteiger partial charge in [-0.3, -0.25) is 19.7 Å². The fourth-order valence-corrected chi connectivity index (χ4v) is 5.20. The molecule has 0 aliphatic carbocycles. The maximum atomic E-state index is 13.6. The highest BCUT2D eigenvalue weighted by Gasteiger charge is 2.22. The molecule has 3 amide bonds. The minimum atomic E-state index is -0.940. The van der Waals surface area contributed by atoms with Crippen molar-refractivity contribution < 1.29 is 43.0 Å². The molecule has 0 fully saturated rings. The lowest BCUT2D eigenvalue weighted by molar-refractivity contribution is -0.118. The van der Waals surface area contributed by atoms with Gasteiger partial charge in [0.05, 0.1) is 12.1 Å². The van der Waals surface area contributed by atoms with Crippen LogP contribution in [0.4, 0.5) is 15.3 Å². The zero-order valence-corrected chi connectivity index (χ0v) is 32.3. The Morgan fingerprint density at radius 2 is 1.25 bits per heavy atom. The number of esters is 1. The number of guanidine groups is 1. The van der Waals surface area contributed by atoms with Crippen LogP contribution in [0.15, 0.2) is 89.9 Å². The number of ketones is 2. The molecule has 288 valence electrons. The number of hydrogen-bond donors (Lipinski definition) is 2. The predicted octanol–water partition coefficient (Wildman–Crippen LogP) is 7.65. The Kier molecular flexibility index (Phi) is 13.3. The summed E-state index contributed by atoms with van der Waals surface area (Å²) in [7, 11) is 0. The first kappa shape index (κ1) is 41.4.